The van der Waals surface area contributed by atoms with Gasteiger partial charge in [-0.2, -0.15) is 0 Å². The lowest BCUT2D eigenvalue weighted by molar-refractivity contribution is 0.0992. The third-order valence-corrected chi connectivity index (χ3v) is 2.93. The highest BCUT2D eigenvalue weighted by Crippen LogP contribution is 2.17. The molecule has 0 aliphatic rings. The van der Waals surface area contributed by atoms with Crippen LogP contribution in [-0.2, 0) is 6.42 Å². The van der Waals surface area contributed by atoms with E-state index in [1.165, 1.54) is 0 Å². The van der Waals surface area contributed by atoms with Crippen LogP contribution in [-0.4, -0.2) is 5.78 Å². The fourth-order valence-electron chi connectivity index (χ4n) is 1.61. The Morgan fingerprint density at radius 2 is 2.19 bits per heavy atom. The second-order valence-corrected chi connectivity index (χ2v) is 4.61. The van der Waals surface area contributed by atoms with Crippen molar-refractivity contribution in [1.29, 1.82) is 0 Å². The lowest BCUT2D eigenvalue weighted by Crippen LogP contribution is -2.04. The molecule has 0 saturated heterocycles. The summed E-state index contributed by atoms with van der Waals surface area (Å²) in [6.45, 7) is 1.94. The van der Waals surface area contributed by atoms with Crippen molar-refractivity contribution < 1.29 is 9.21 Å². The van der Waals surface area contributed by atoms with Crippen LogP contribution in [0, 0.1) is 6.92 Å². The Bertz CT molecular complexity index is 501. The van der Waals surface area contributed by atoms with Crippen LogP contribution in [0.5, 0.6) is 0 Å². The number of carbonyl (C=O) groups excluding carboxylic acids is 1. The molecular weight excluding hydrogens is 268 g/mol. The molecular formula is C13H11BrO2. The fourth-order valence-corrected chi connectivity index (χ4v) is 2.09. The molecule has 0 amide bonds. The van der Waals surface area contributed by atoms with Gasteiger partial charge in [0.1, 0.15) is 0 Å². The molecule has 0 saturated carbocycles. The first-order chi connectivity index (χ1) is 7.66. The molecule has 0 aliphatic heterocycles. The van der Waals surface area contributed by atoms with Crippen molar-refractivity contribution in [3.8, 4) is 0 Å². The van der Waals surface area contributed by atoms with Crippen LogP contribution in [0.25, 0.3) is 0 Å². The number of aryl methyl sites for hydroxylation is 1. The molecule has 0 fully saturated rings. The van der Waals surface area contributed by atoms with E-state index >= 15 is 0 Å². The quantitative estimate of drug-likeness (QED) is 0.800. The van der Waals surface area contributed by atoms with Gasteiger partial charge in [0, 0.05) is 16.5 Å². The Labute approximate surface area is 102 Å². The van der Waals surface area contributed by atoms with Crippen molar-refractivity contribution in [3.05, 3.63) is 58.0 Å². The first-order valence-corrected chi connectivity index (χ1v) is 5.76. The van der Waals surface area contributed by atoms with Gasteiger partial charge in [0.05, 0.1) is 12.5 Å². The molecule has 0 spiro atoms. The van der Waals surface area contributed by atoms with Gasteiger partial charge in [-0.3, -0.25) is 4.79 Å². The molecule has 2 nitrogen and oxygen atoms in total. The Hall–Kier alpha value is -1.35. The molecule has 0 aliphatic carbocycles. The van der Waals surface area contributed by atoms with Gasteiger partial charge in [-0.25, -0.2) is 0 Å². The maximum Gasteiger partial charge on any atom is 0.167 e. The number of carbonyl (C=O) groups is 1. The second kappa shape index (κ2) is 4.66. The minimum atomic E-state index is 0.117. The largest absolute Gasteiger partial charge is 0.472 e. The van der Waals surface area contributed by atoms with Crippen LogP contribution < -0.4 is 0 Å². The molecule has 1 heterocycles. The number of halogens is 1. The van der Waals surface area contributed by atoms with E-state index in [4.69, 9.17) is 4.42 Å². The highest BCUT2D eigenvalue weighted by atomic mass is 79.9. The van der Waals surface area contributed by atoms with Crippen LogP contribution in [0.1, 0.15) is 21.5 Å². The number of ketones is 1. The second-order valence-electron chi connectivity index (χ2n) is 3.69. The Morgan fingerprint density at radius 1 is 1.38 bits per heavy atom. The van der Waals surface area contributed by atoms with E-state index < -0.39 is 0 Å². The first kappa shape index (κ1) is 11.1. The molecule has 3 heteroatoms. The summed E-state index contributed by atoms with van der Waals surface area (Å²) >= 11 is 3.38. The monoisotopic (exact) mass is 278 g/mol. The number of Topliss-reactive ketones (excluding diaryl/α,β-unsaturated/α-hetero) is 1. The summed E-state index contributed by atoms with van der Waals surface area (Å²) in [6, 6.07) is 7.49. The maximum absolute atomic E-state index is 12.0. The SMILES string of the molecule is Cc1cc(Br)ccc1C(=O)Cc1ccoc1. The molecule has 0 bridgehead atoms. The molecule has 2 rings (SSSR count). The topological polar surface area (TPSA) is 30.2 Å². The van der Waals surface area contributed by atoms with Gasteiger partial charge >= 0.3 is 0 Å². The Kier molecular flexibility index (Phi) is 3.25. The van der Waals surface area contributed by atoms with Crippen LogP contribution in [0.4, 0.5) is 0 Å². The van der Waals surface area contributed by atoms with Crippen LogP contribution >= 0.6 is 15.9 Å². The smallest absolute Gasteiger partial charge is 0.167 e. The molecule has 82 valence electrons. The summed E-state index contributed by atoms with van der Waals surface area (Å²) in [5.41, 5.74) is 2.67. The predicted molar refractivity (Wildman–Crippen MR) is 65.6 cm³/mol. The van der Waals surface area contributed by atoms with Crippen LogP contribution in [0.15, 0.2) is 45.7 Å². The predicted octanol–water partition coefficient (Wildman–Crippen LogP) is 3.78. The third-order valence-electron chi connectivity index (χ3n) is 2.43. The third kappa shape index (κ3) is 2.42. The van der Waals surface area contributed by atoms with E-state index in [1.54, 1.807) is 12.5 Å². The normalized spacial score (nSPS) is 10.4. The number of hydrogen-bond acceptors (Lipinski definition) is 2. The van der Waals surface area contributed by atoms with Gasteiger partial charge in [0.2, 0.25) is 0 Å². The van der Waals surface area contributed by atoms with Crippen molar-refractivity contribution in [2.24, 2.45) is 0 Å². The maximum atomic E-state index is 12.0. The van der Waals surface area contributed by atoms with Gasteiger partial charge in [0.25, 0.3) is 0 Å². The molecule has 1 aromatic heterocycles. The van der Waals surface area contributed by atoms with Crippen molar-refractivity contribution in [2.75, 3.05) is 0 Å². The lowest BCUT2D eigenvalue weighted by atomic mass is 10.0. The average molecular weight is 279 g/mol. The highest BCUT2D eigenvalue weighted by Gasteiger charge is 2.10. The molecule has 0 atom stereocenters. The Morgan fingerprint density at radius 3 is 2.81 bits per heavy atom. The van der Waals surface area contributed by atoms with E-state index in [0.717, 1.165) is 21.2 Å². The van der Waals surface area contributed by atoms with Gasteiger partial charge < -0.3 is 4.42 Å². The molecule has 16 heavy (non-hydrogen) atoms. The zero-order valence-electron chi connectivity index (χ0n) is 8.87. The fraction of sp³-hybridized carbons (Fsp3) is 0.154. The van der Waals surface area contributed by atoms with E-state index in [-0.39, 0.29) is 5.78 Å². The van der Waals surface area contributed by atoms with Crippen molar-refractivity contribution >= 4 is 21.7 Å². The summed E-state index contributed by atoms with van der Waals surface area (Å²) in [6.07, 6.45) is 3.57. The lowest BCUT2D eigenvalue weighted by Gasteiger charge is -2.04. The molecule has 1 aromatic carbocycles. The molecule has 2 aromatic rings. The molecule has 0 unspecified atom stereocenters. The summed E-state index contributed by atoms with van der Waals surface area (Å²) in [4.78, 5) is 12.0. The van der Waals surface area contributed by atoms with Gasteiger partial charge in [-0.15, -0.1) is 0 Å². The van der Waals surface area contributed by atoms with Crippen molar-refractivity contribution in [3.63, 3.8) is 0 Å². The van der Waals surface area contributed by atoms with Gasteiger partial charge in [0.15, 0.2) is 5.78 Å². The summed E-state index contributed by atoms with van der Waals surface area (Å²) in [5.74, 6) is 0.117. The summed E-state index contributed by atoms with van der Waals surface area (Å²) in [7, 11) is 0. The first-order valence-electron chi connectivity index (χ1n) is 4.97. The standard InChI is InChI=1S/C13H11BrO2/c1-9-6-11(14)2-3-12(9)13(15)7-10-4-5-16-8-10/h2-6,8H,7H2,1H3. The average Bonchev–Trinajstić information content (AvgIpc) is 2.70. The van der Waals surface area contributed by atoms with Gasteiger partial charge in [-0.05, 0) is 36.2 Å². The number of benzene rings is 1. The van der Waals surface area contributed by atoms with Crippen LogP contribution in [0.3, 0.4) is 0 Å². The van der Waals surface area contributed by atoms with E-state index in [0.29, 0.717) is 6.42 Å². The van der Waals surface area contributed by atoms with E-state index in [9.17, 15) is 4.79 Å². The number of furan rings is 1. The zero-order valence-corrected chi connectivity index (χ0v) is 10.5. The van der Waals surface area contributed by atoms with Crippen molar-refractivity contribution in [1.82, 2.24) is 0 Å². The number of rotatable bonds is 3. The zero-order chi connectivity index (χ0) is 11.5. The molecule has 0 N–H and O–H groups in total. The summed E-state index contributed by atoms with van der Waals surface area (Å²) < 4.78 is 5.93. The Balaban J connectivity index is 2.21. The molecule has 0 radical (unpaired) electrons. The summed E-state index contributed by atoms with van der Waals surface area (Å²) in [5, 5.41) is 0. The van der Waals surface area contributed by atoms with Crippen LogP contribution in [0.2, 0.25) is 0 Å². The minimum absolute atomic E-state index is 0.117. The number of hydrogen-bond donors (Lipinski definition) is 0. The highest BCUT2D eigenvalue weighted by molar-refractivity contribution is 9.10. The van der Waals surface area contributed by atoms with Gasteiger partial charge in [-0.1, -0.05) is 22.0 Å². The van der Waals surface area contributed by atoms with E-state index in [2.05, 4.69) is 15.9 Å². The van der Waals surface area contributed by atoms with E-state index in [1.807, 2.05) is 31.2 Å². The van der Waals surface area contributed by atoms with Crippen molar-refractivity contribution in [2.45, 2.75) is 13.3 Å². The minimum Gasteiger partial charge on any atom is -0.472 e.